The molecule has 20 heavy (non-hydrogen) atoms. The maximum Gasteiger partial charge on any atom is 0.295 e. The zero-order valence-electron chi connectivity index (χ0n) is 11.2. The van der Waals surface area contributed by atoms with E-state index in [4.69, 9.17) is 0 Å². The summed E-state index contributed by atoms with van der Waals surface area (Å²) in [7, 11) is 0. The molecule has 0 aliphatic heterocycles. The van der Waals surface area contributed by atoms with Crippen molar-refractivity contribution in [3.05, 3.63) is 52.1 Å². The Labute approximate surface area is 115 Å². The molecule has 0 unspecified atom stereocenters. The maximum absolute atomic E-state index is 13.7. The molecule has 0 aliphatic carbocycles. The normalized spacial score (nSPS) is 10.8. The van der Waals surface area contributed by atoms with Gasteiger partial charge in [-0.15, -0.1) is 0 Å². The van der Waals surface area contributed by atoms with Crippen LogP contribution < -0.4 is 5.32 Å². The first kappa shape index (κ1) is 14.0. The zero-order valence-corrected chi connectivity index (χ0v) is 11.2. The fourth-order valence-electron chi connectivity index (χ4n) is 1.78. The molecule has 0 fully saturated rings. The second-order valence-corrected chi connectivity index (χ2v) is 4.67. The van der Waals surface area contributed by atoms with E-state index in [1.165, 1.54) is 18.2 Å². The molecule has 2 aromatic rings. The summed E-state index contributed by atoms with van der Waals surface area (Å²) in [5.41, 5.74) is 0.451. The number of anilines is 1. The van der Waals surface area contributed by atoms with E-state index in [1.807, 2.05) is 20.0 Å². The van der Waals surface area contributed by atoms with Gasteiger partial charge in [-0.25, -0.2) is 4.39 Å². The molecule has 0 aliphatic rings. The summed E-state index contributed by atoms with van der Waals surface area (Å²) in [5, 5.41) is 17.8. The molecule has 0 bridgehead atoms. The van der Waals surface area contributed by atoms with Crippen LogP contribution in [0, 0.1) is 15.9 Å². The minimum Gasteiger partial charge on any atom is -0.373 e. The van der Waals surface area contributed by atoms with E-state index < -0.39 is 10.7 Å². The van der Waals surface area contributed by atoms with Gasteiger partial charge in [0.15, 0.2) is 5.82 Å². The molecule has 0 saturated heterocycles. The summed E-state index contributed by atoms with van der Waals surface area (Å²) in [4.78, 5) is 10.3. The van der Waals surface area contributed by atoms with Crippen molar-refractivity contribution in [3.63, 3.8) is 0 Å². The fraction of sp³-hybridized carbons (Fsp3) is 0.308. The Morgan fingerprint density at radius 2 is 2.25 bits per heavy atom. The lowest BCUT2D eigenvalue weighted by Crippen LogP contribution is -2.04. The number of aromatic nitrogens is 2. The monoisotopic (exact) mass is 278 g/mol. The first-order valence-electron chi connectivity index (χ1n) is 6.19. The van der Waals surface area contributed by atoms with Crippen molar-refractivity contribution in [3.8, 4) is 0 Å². The van der Waals surface area contributed by atoms with Crippen molar-refractivity contribution in [2.75, 3.05) is 5.32 Å². The Morgan fingerprint density at radius 3 is 2.85 bits per heavy atom. The Hall–Kier alpha value is -2.44. The van der Waals surface area contributed by atoms with E-state index in [0.29, 0.717) is 0 Å². The topological polar surface area (TPSA) is 73.0 Å². The zero-order chi connectivity index (χ0) is 14.7. The fourth-order valence-corrected chi connectivity index (χ4v) is 1.78. The average molecular weight is 278 g/mol. The van der Waals surface area contributed by atoms with Crippen LogP contribution in [0.25, 0.3) is 0 Å². The van der Waals surface area contributed by atoms with Crippen LogP contribution in [-0.4, -0.2) is 14.7 Å². The highest BCUT2D eigenvalue weighted by Gasteiger charge is 2.17. The lowest BCUT2D eigenvalue weighted by atomic mass is 10.2. The molecular weight excluding hydrogens is 263 g/mol. The number of halogens is 1. The summed E-state index contributed by atoms with van der Waals surface area (Å²) < 4.78 is 15.4. The second kappa shape index (κ2) is 5.68. The van der Waals surface area contributed by atoms with Crippen LogP contribution >= 0.6 is 0 Å². The van der Waals surface area contributed by atoms with E-state index in [2.05, 4.69) is 10.4 Å². The number of nitrogens with one attached hydrogen (secondary N) is 1. The largest absolute Gasteiger partial charge is 0.373 e. The number of para-hydroxylation sites is 1. The quantitative estimate of drug-likeness (QED) is 0.673. The molecule has 106 valence electrons. The molecule has 2 rings (SSSR count). The van der Waals surface area contributed by atoms with Gasteiger partial charge in [0.25, 0.3) is 5.69 Å². The standard InChI is InChI=1S/C13H15FN4O2/c1-9(2)17-8-10(7-16-17)6-15-13-11(14)4-3-5-12(13)18(19)20/h3-5,7-9,15H,6H2,1-2H3. The summed E-state index contributed by atoms with van der Waals surface area (Å²) in [5.74, 6) is -0.643. The van der Waals surface area contributed by atoms with Crippen LogP contribution in [0.3, 0.4) is 0 Å². The number of nitro benzene ring substituents is 1. The molecule has 0 saturated carbocycles. The minimum absolute atomic E-state index is 0.102. The molecule has 1 heterocycles. The van der Waals surface area contributed by atoms with Crippen LogP contribution in [0.15, 0.2) is 30.6 Å². The smallest absolute Gasteiger partial charge is 0.295 e. The number of hydrogen-bond donors (Lipinski definition) is 1. The van der Waals surface area contributed by atoms with Crippen molar-refractivity contribution in [1.29, 1.82) is 0 Å². The number of benzene rings is 1. The van der Waals surface area contributed by atoms with Crippen LogP contribution in [0.2, 0.25) is 0 Å². The van der Waals surface area contributed by atoms with Gasteiger partial charge in [0, 0.05) is 30.4 Å². The molecule has 0 amide bonds. The molecule has 1 aromatic carbocycles. The van der Waals surface area contributed by atoms with Crippen molar-refractivity contribution >= 4 is 11.4 Å². The lowest BCUT2D eigenvalue weighted by molar-refractivity contribution is -0.384. The van der Waals surface area contributed by atoms with Crippen LogP contribution in [0.1, 0.15) is 25.5 Å². The highest BCUT2D eigenvalue weighted by Crippen LogP contribution is 2.27. The van der Waals surface area contributed by atoms with Gasteiger partial charge >= 0.3 is 0 Å². The maximum atomic E-state index is 13.7. The molecule has 1 aromatic heterocycles. The van der Waals surface area contributed by atoms with Gasteiger partial charge in [0.2, 0.25) is 0 Å². The van der Waals surface area contributed by atoms with Crippen LogP contribution in [0.5, 0.6) is 0 Å². The molecule has 6 nitrogen and oxygen atoms in total. The molecule has 7 heteroatoms. The molecular formula is C13H15FN4O2. The Morgan fingerprint density at radius 1 is 1.50 bits per heavy atom. The number of nitro groups is 1. The van der Waals surface area contributed by atoms with Crippen molar-refractivity contribution in [2.45, 2.75) is 26.4 Å². The highest BCUT2D eigenvalue weighted by atomic mass is 19.1. The lowest BCUT2D eigenvalue weighted by Gasteiger charge is -2.07. The third-order valence-electron chi connectivity index (χ3n) is 2.84. The number of hydrogen-bond acceptors (Lipinski definition) is 4. The molecule has 0 spiro atoms. The van der Waals surface area contributed by atoms with Gasteiger partial charge < -0.3 is 5.32 Å². The predicted octanol–water partition coefficient (Wildman–Crippen LogP) is 3.12. The van der Waals surface area contributed by atoms with Gasteiger partial charge in [-0.05, 0) is 19.9 Å². The summed E-state index contributed by atoms with van der Waals surface area (Å²) >= 11 is 0. The number of nitrogens with zero attached hydrogens (tertiary/aromatic N) is 3. The summed E-state index contributed by atoms with van der Waals surface area (Å²) in [6.45, 7) is 4.26. The van der Waals surface area contributed by atoms with E-state index >= 15 is 0 Å². The minimum atomic E-state index is -0.643. The SMILES string of the molecule is CC(C)n1cc(CNc2c(F)cccc2[N+](=O)[O-])cn1. The van der Waals surface area contributed by atoms with Crippen LogP contribution in [-0.2, 0) is 6.54 Å². The second-order valence-electron chi connectivity index (χ2n) is 4.67. The number of rotatable bonds is 5. The van der Waals surface area contributed by atoms with E-state index in [1.54, 1.807) is 10.9 Å². The molecule has 0 radical (unpaired) electrons. The van der Waals surface area contributed by atoms with Crippen LogP contribution in [0.4, 0.5) is 15.8 Å². The Balaban J connectivity index is 2.16. The summed E-state index contributed by atoms with van der Waals surface area (Å²) in [6, 6.07) is 4.00. The van der Waals surface area contributed by atoms with Gasteiger partial charge in [-0.3, -0.25) is 14.8 Å². The van der Waals surface area contributed by atoms with Gasteiger partial charge in [0.1, 0.15) is 5.69 Å². The first-order valence-corrected chi connectivity index (χ1v) is 6.19. The summed E-state index contributed by atoms with van der Waals surface area (Å²) in [6.07, 6.45) is 3.48. The molecule has 0 atom stereocenters. The molecule has 1 N–H and O–H groups in total. The predicted molar refractivity (Wildman–Crippen MR) is 73.0 cm³/mol. The van der Waals surface area contributed by atoms with Gasteiger partial charge in [-0.1, -0.05) is 6.07 Å². The van der Waals surface area contributed by atoms with E-state index in [-0.39, 0.29) is 24.0 Å². The Bertz CT molecular complexity index is 625. The van der Waals surface area contributed by atoms with Gasteiger partial charge in [0.05, 0.1) is 11.1 Å². The highest BCUT2D eigenvalue weighted by molar-refractivity contribution is 5.62. The van der Waals surface area contributed by atoms with Crippen molar-refractivity contribution in [1.82, 2.24) is 9.78 Å². The van der Waals surface area contributed by atoms with Gasteiger partial charge in [-0.2, -0.15) is 5.10 Å². The van der Waals surface area contributed by atoms with E-state index in [0.717, 1.165) is 5.56 Å². The van der Waals surface area contributed by atoms with Crippen molar-refractivity contribution in [2.24, 2.45) is 0 Å². The third-order valence-corrected chi connectivity index (χ3v) is 2.84. The van der Waals surface area contributed by atoms with Crippen molar-refractivity contribution < 1.29 is 9.31 Å². The Kier molecular flexibility index (Phi) is 3.97. The first-order chi connectivity index (χ1) is 9.49. The third kappa shape index (κ3) is 2.93. The van der Waals surface area contributed by atoms with E-state index in [9.17, 15) is 14.5 Å². The average Bonchev–Trinajstić information content (AvgIpc) is 2.86.